The van der Waals surface area contributed by atoms with E-state index in [1.165, 1.54) is 23.1 Å². The maximum atomic E-state index is 12.0. The van der Waals surface area contributed by atoms with E-state index in [1.807, 2.05) is 0 Å². The smallest absolute Gasteiger partial charge is 0.345 e. The summed E-state index contributed by atoms with van der Waals surface area (Å²) < 4.78 is 4.83. The van der Waals surface area contributed by atoms with E-state index < -0.39 is 29.1 Å². The van der Waals surface area contributed by atoms with Gasteiger partial charge in [0.05, 0.1) is 4.92 Å². The summed E-state index contributed by atoms with van der Waals surface area (Å²) in [4.78, 5) is 47.4. The van der Waals surface area contributed by atoms with Crippen molar-refractivity contribution in [3.63, 3.8) is 0 Å². The van der Waals surface area contributed by atoms with Gasteiger partial charge in [-0.15, -0.1) is 0 Å². The van der Waals surface area contributed by atoms with Crippen LogP contribution in [0.4, 0.5) is 11.4 Å². The molecule has 28 heavy (non-hydrogen) atoms. The minimum atomic E-state index is -1.02. The Morgan fingerprint density at radius 2 is 1.79 bits per heavy atom. The molecule has 146 valence electrons. The molecule has 2 rings (SSSR count). The second-order valence-corrected chi connectivity index (χ2v) is 6.26. The van der Waals surface area contributed by atoms with Crippen LogP contribution in [0.25, 0.3) is 0 Å². The fourth-order valence-electron chi connectivity index (χ4n) is 2.19. The number of nitro benzene ring substituents is 1. The quantitative estimate of drug-likeness (QED) is 0.448. The van der Waals surface area contributed by atoms with Crippen molar-refractivity contribution in [1.29, 1.82) is 0 Å². The van der Waals surface area contributed by atoms with Gasteiger partial charge in [-0.3, -0.25) is 19.7 Å². The van der Waals surface area contributed by atoms with Gasteiger partial charge in [-0.2, -0.15) is 0 Å². The third-order valence-corrected chi connectivity index (χ3v) is 3.77. The van der Waals surface area contributed by atoms with Crippen LogP contribution in [-0.4, -0.2) is 48.3 Å². The third-order valence-electron chi connectivity index (χ3n) is 3.53. The van der Waals surface area contributed by atoms with Gasteiger partial charge in [-0.1, -0.05) is 11.6 Å². The summed E-state index contributed by atoms with van der Waals surface area (Å²) in [5.41, 5.74) is 0.0195. The molecule has 0 aliphatic carbocycles. The topological polar surface area (TPSA) is 119 Å². The van der Waals surface area contributed by atoms with Crippen LogP contribution in [0, 0.1) is 10.1 Å². The Hall–Kier alpha value is -3.46. The van der Waals surface area contributed by atoms with Crippen LogP contribution < -0.4 is 5.32 Å². The van der Waals surface area contributed by atoms with Crippen molar-refractivity contribution >= 4 is 40.8 Å². The average Bonchev–Trinajstić information content (AvgIpc) is 2.66. The van der Waals surface area contributed by atoms with Crippen LogP contribution >= 0.6 is 11.6 Å². The number of nitro groups is 1. The summed E-state index contributed by atoms with van der Waals surface area (Å²) in [6.07, 6.45) is 0. The van der Waals surface area contributed by atoms with E-state index in [0.717, 1.165) is 12.1 Å². The minimum Gasteiger partial charge on any atom is -0.452 e. The molecule has 0 heterocycles. The molecule has 2 aromatic rings. The van der Waals surface area contributed by atoms with E-state index in [1.54, 1.807) is 26.2 Å². The molecule has 0 aromatic heterocycles. The van der Waals surface area contributed by atoms with Gasteiger partial charge in [0.25, 0.3) is 17.5 Å². The number of carbonyl (C=O) groups is 3. The lowest BCUT2D eigenvalue weighted by Crippen LogP contribution is -2.22. The number of nitrogens with zero attached hydrogens (tertiary/aromatic N) is 2. The molecule has 0 fully saturated rings. The van der Waals surface area contributed by atoms with Crippen LogP contribution in [-0.2, 0) is 9.53 Å². The van der Waals surface area contributed by atoms with Gasteiger partial charge in [-0.05, 0) is 36.4 Å². The monoisotopic (exact) mass is 405 g/mol. The lowest BCUT2D eigenvalue weighted by molar-refractivity contribution is -0.385. The molecule has 2 aromatic carbocycles. The van der Waals surface area contributed by atoms with Crippen LogP contribution in [0.3, 0.4) is 0 Å². The molecule has 1 N–H and O–H groups in total. The molecule has 9 nitrogen and oxygen atoms in total. The maximum Gasteiger partial charge on any atom is 0.345 e. The van der Waals surface area contributed by atoms with E-state index in [-0.39, 0.29) is 16.5 Å². The molecule has 0 saturated heterocycles. The second-order valence-electron chi connectivity index (χ2n) is 5.82. The van der Waals surface area contributed by atoms with Crippen LogP contribution in [0.5, 0.6) is 0 Å². The standard InChI is InChI=1S/C18H16ClN3O6/c1-21(2)17(24)11-3-6-13(7-4-11)20-16(23)10-28-18(25)14-8-5-12(19)9-15(14)22(26)27/h3-9H,10H2,1-2H3,(H,20,23). The average molecular weight is 406 g/mol. The van der Waals surface area contributed by atoms with E-state index in [4.69, 9.17) is 16.3 Å². The second kappa shape index (κ2) is 8.96. The van der Waals surface area contributed by atoms with Crippen molar-refractivity contribution in [3.8, 4) is 0 Å². The minimum absolute atomic E-state index is 0.0946. The summed E-state index contributed by atoms with van der Waals surface area (Å²) in [7, 11) is 3.24. The Kier molecular flexibility index (Phi) is 6.67. The summed E-state index contributed by atoms with van der Waals surface area (Å²) in [5.74, 6) is -1.85. The predicted molar refractivity (Wildman–Crippen MR) is 101 cm³/mol. The summed E-state index contributed by atoms with van der Waals surface area (Å²) >= 11 is 5.69. The normalized spacial score (nSPS) is 10.1. The fraction of sp³-hybridized carbons (Fsp3) is 0.167. The molecule has 0 saturated carbocycles. The number of nitrogens with one attached hydrogen (secondary N) is 1. The molecule has 2 amide bonds. The molecule has 0 atom stereocenters. The molecule has 0 aliphatic rings. The molecule has 0 radical (unpaired) electrons. The van der Waals surface area contributed by atoms with Crippen molar-refractivity contribution in [2.75, 3.05) is 26.0 Å². The Morgan fingerprint density at radius 1 is 1.14 bits per heavy atom. The number of halogens is 1. The number of benzene rings is 2. The van der Waals surface area contributed by atoms with Gasteiger partial charge >= 0.3 is 5.97 Å². The first-order chi connectivity index (χ1) is 13.2. The Labute approximate surface area is 165 Å². The van der Waals surface area contributed by atoms with Crippen molar-refractivity contribution in [2.24, 2.45) is 0 Å². The van der Waals surface area contributed by atoms with Crippen LogP contribution in [0.2, 0.25) is 5.02 Å². The number of amides is 2. The molecule has 0 spiro atoms. The van der Waals surface area contributed by atoms with E-state index >= 15 is 0 Å². The lowest BCUT2D eigenvalue weighted by Gasteiger charge is -2.11. The number of anilines is 1. The molecule has 0 bridgehead atoms. The maximum absolute atomic E-state index is 12.0. The van der Waals surface area contributed by atoms with Crippen molar-refractivity contribution in [1.82, 2.24) is 4.90 Å². The number of hydrogen-bond donors (Lipinski definition) is 1. The fourth-order valence-corrected chi connectivity index (χ4v) is 2.36. The highest BCUT2D eigenvalue weighted by atomic mass is 35.5. The highest BCUT2D eigenvalue weighted by Gasteiger charge is 2.22. The molecule has 10 heteroatoms. The van der Waals surface area contributed by atoms with Crippen LogP contribution in [0.1, 0.15) is 20.7 Å². The van der Waals surface area contributed by atoms with Gasteiger partial charge in [0.15, 0.2) is 6.61 Å². The zero-order chi connectivity index (χ0) is 20.8. The summed E-state index contributed by atoms with van der Waals surface area (Å²) in [6.45, 7) is -0.642. The van der Waals surface area contributed by atoms with Crippen molar-refractivity contribution in [2.45, 2.75) is 0 Å². The first kappa shape index (κ1) is 20.8. The van der Waals surface area contributed by atoms with Crippen LogP contribution in [0.15, 0.2) is 42.5 Å². The Balaban J connectivity index is 1.97. The van der Waals surface area contributed by atoms with Crippen molar-refractivity contribution in [3.05, 3.63) is 68.7 Å². The largest absolute Gasteiger partial charge is 0.452 e. The van der Waals surface area contributed by atoms with E-state index in [2.05, 4.69) is 5.32 Å². The van der Waals surface area contributed by atoms with E-state index in [0.29, 0.717) is 11.3 Å². The van der Waals surface area contributed by atoms with Gasteiger partial charge in [0, 0.05) is 36.4 Å². The molecular formula is C18H16ClN3O6. The molecule has 0 unspecified atom stereocenters. The predicted octanol–water partition coefficient (Wildman–Crippen LogP) is 2.75. The SMILES string of the molecule is CN(C)C(=O)c1ccc(NC(=O)COC(=O)c2ccc(Cl)cc2[N+](=O)[O-])cc1. The van der Waals surface area contributed by atoms with Gasteiger partial charge in [0.2, 0.25) is 0 Å². The number of hydrogen-bond acceptors (Lipinski definition) is 6. The summed E-state index contributed by atoms with van der Waals surface area (Å²) in [6, 6.07) is 9.63. The number of ether oxygens (including phenoxy) is 1. The Morgan fingerprint density at radius 3 is 2.36 bits per heavy atom. The van der Waals surface area contributed by atoms with Gasteiger partial charge < -0.3 is 15.0 Å². The highest BCUT2D eigenvalue weighted by Crippen LogP contribution is 2.23. The zero-order valence-corrected chi connectivity index (χ0v) is 15.7. The zero-order valence-electron chi connectivity index (χ0n) is 15.0. The first-order valence-electron chi connectivity index (χ1n) is 7.91. The summed E-state index contributed by atoms with van der Waals surface area (Å²) in [5, 5.41) is 13.6. The number of esters is 1. The van der Waals surface area contributed by atoms with E-state index in [9.17, 15) is 24.5 Å². The molecular weight excluding hydrogens is 390 g/mol. The Bertz CT molecular complexity index is 927. The number of carbonyl (C=O) groups excluding carboxylic acids is 3. The molecule has 0 aliphatic heterocycles. The first-order valence-corrected chi connectivity index (χ1v) is 8.29. The van der Waals surface area contributed by atoms with Gasteiger partial charge in [0.1, 0.15) is 5.56 Å². The number of rotatable bonds is 6. The highest BCUT2D eigenvalue weighted by molar-refractivity contribution is 6.31. The lowest BCUT2D eigenvalue weighted by atomic mass is 10.2. The van der Waals surface area contributed by atoms with Crippen molar-refractivity contribution < 1.29 is 24.0 Å². The van der Waals surface area contributed by atoms with Gasteiger partial charge in [-0.25, -0.2) is 4.79 Å². The third kappa shape index (κ3) is 5.27.